The Labute approximate surface area is 115 Å². The van der Waals surface area contributed by atoms with Gasteiger partial charge in [-0.05, 0) is 24.8 Å². The van der Waals surface area contributed by atoms with Crippen molar-refractivity contribution in [3.63, 3.8) is 0 Å². The van der Waals surface area contributed by atoms with Crippen molar-refractivity contribution < 1.29 is 4.74 Å². The highest BCUT2D eigenvalue weighted by Crippen LogP contribution is 2.32. The van der Waals surface area contributed by atoms with Crippen LogP contribution in [0.2, 0.25) is 0 Å². The Kier molecular flexibility index (Phi) is 5.54. The standard InChI is InChI=1S/C15H25NOS/c1-6-11(16)14(15(2,3)4)17-12-9-7-8-10-13(12)18-5/h7-11,14H,6,16H2,1-5H3. The molecule has 0 aliphatic carbocycles. The molecule has 0 aromatic heterocycles. The van der Waals surface area contributed by atoms with Crippen molar-refractivity contribution in [1.82, 2.24) is 0 Å². The van der Waals surface area contributed by atoms with E-state index in [1.807, 2.05) is 18.2 Å². The second-order valence-electron chi connectivity index (χ2n) is 5.63. The van der Waals surface area contributed by atoms with Crippen LogP contribution in [0, 0.1) is 5.41 Å². The van der Waals surface area contributed by atoms with E-state index >= 15 is 0 Å². The first kappa shape index (κ1) is 15.4. The maximum absolute atomic E-state index is 6.21. The molecule has 0 amide bonds. The van der Waals surface area contributed by atoms with E-state index in [0.29, 0.717) is 0 Å². The first-order valence-electron chi connectivity index (χ1n) is 6.45. The molecule has 0 heterocycles. The molecular weight excluding hydrogens is 242 g/mol. The van der Waals surface area contributed by atoms with E-state index in [1.165, 1.54) is 0 Å². The lowest BCUT2D eigenvalue weighted by Gasteiger charge is -2.35. The van der Waals surface area contributed by atoms with Gasteiger partial charge in [0.2, 0.25) is 0 Å². The van der Waals surface area contributed by atoms with Crippen LogP contribution in [0.25, 0.3) is 0 Å². The summed E-state index contributed by atoms with van der Waals surface area (Å²) in [5.41, 5.74) is 6.24. The average Bonchev–Trinajstić information content (AvgIpc) is 2.34. The Morgan fingerprint density at radius 1 is 1.28 bits per heavy atom. The van der Waals surface area contributed by atoms with Crippen LogP contribution in [-0.2, 0) is 0 Å². The average molecular weight is 267 g/mol. The molecule has 1 aromatic rings. The van der Waals surface area contributed by atoms with Gasteiger partial charge in [0.05, 0.1) is 0 Å². The Morgan fingerprint density at radius 2 is 1.89 bits per heavy atom. The minimum Gasteiger partial charge on any atom is -0.487 e. The molecule has 0 saturated carbocycles. The fourth-order valence-corrected chi connectivity index (χ4v) is 2.51. The van der Waals surface area contributed by atoms with Crippen molar-refractivity contribution in [2.24, 2.45) is 11.1 Å². The van der Waals surface area contributed by atoms with Crippen LogP contribution >= 0.6 is 11.8 Å². The second-order valence-corrected chi connectivity index (χ2v) is 6.48. The monoisotopic (exact) mass is 267 g/mol. The topological polar surface area (TPSA) is 35.2 Å². The van der Waals surface area contributed by atoms with E-state index in [-0.39, 0.29) is 17.6 Å². The van der Waals surface area contributed by atoms with E-state index in [1.54, 1.807) is 11.8 Å². The minimum atomic E-state index is 0.0239. The van der Waals surface area contributed by atoms with Gasteiger partial charge in [-0.3, -0.25) is 0 Å². The summed E-state index contributed by atoms with van der Waals surface area (Å²) in [7, 11) is 0. The van der Waals surface area contributed by atoms with Gasteiger partial charge < -0.3 is 10.5 Å². The van der Waals surface area contributed by atoms with E-state index in [0.717, 1.165) is 17.1 Å². The predicted octanol–water partition coefficient (Wildman–Crippen LogP) is 3.94. The van der Waals surface area contributed by atoms with Crippen LogP contribution in [0.3, 0.4) is 0 Å². The van der Waals surface area contributed by atoms with Crippen LogP contribution in [0.4, 0.5) is 0 Å². The van der Waals surface area contributed by atoms with E-state index < -0.39 is 0 Å². The normalized spacial score (nSPS) is 15.2. The molecule has 0 aliphatic heterocycles. The summed E-state index contributed by atoms with van der Waals surface area (Å²) in [6, 6.07) is 8.20. The van der Waals surface area contributed by atoms with Crippen LogP contribution in [0.1, 0.15) is 34.1 Å². The summed E-state index contributed by atoms with van der Waals surface area (Å²) >= 11 is 1.70. The van der Waals surface area contributed by atoms with Gasteiger partial charge in [-0.2, -0.15) is 0 Å². The van der Waals surface area contributed by atoms with Crippen molar-refractivity contribution in [3.8, 4) is 5.75 Å². The highest BCUT2D eigenvalue weighted by Gasteiger charge is 2.31. The zero-order valence-electron chi connectivity index (χ0n) is 12.1. The molecule has 2 unspecified atom stereocenters. The van der Waals surface area contributed by atoms with Gasteiger partial charge in [0.1, 0.15) is 11.9 Å². The quantitative estimate of drug-likeness (QED) is 0.821. The smallest absolute Gasteiger partial charge is 0.133 e. The minimum absolute atomic E-state index is 0.0239. The lowest BCUT2D eigenvalue weighted by molar-refractivity contribution is 0.0597. The van der Waals surface area contributed by atoms with Gasteiger partial charge in [-0.15, -0.1) is 11.8 Å². The molecule has 0 saturated heterocycles. The summed E-state index contributed by atoms with van der Waals surface area (Å²) in [6.07, 6.45) is 3.01. The van der Waals surface area contributed by atoms with Crippen LogP contribution in [0.15, 0.2) is 29.2 Å². The first-order valence-corrected chi connectivity index (χ1v) is 7.67. The molecule has 18 heavy (non-hydrogen) atoms. The summed E-state index contributed by atoms with van der Waals surface area (Å²) in [5.74, 6) is 0.939. The summed E-state index contributed by atoms with van der Waals surface area (Å²) in [6.45, 7) is 8.63. The highest BCUT2D eigenvalue weighted by molar-refractivity contribution is 7.98. The third-order valence-corrected chi connectivity index (χ3v) is 3.81. The number of para-hydroxylation sites is 1. The maximum atomic E-state index is 6.21. The summed E-state index contributed by atoms with van der Waals surface area (Å²) in [5, 5.41) is 0. The molecule has 0 fully saturated rings. The Balaban J connectivity index is 2.96. The zero-order chi connectivity index (χ0) is 13.8. The lowest BCUT2D eigenvalue weighted by atomic mass is 9.84. The Hall–Kier alpha value is -0.670. The highest BCUT2D eigenvalue weighted by atomic mass is 32.2. The zero-order valence-corrected chi connectivity index (χ0v) is 12.9. The SMILES string of the molecule is CCC(N)C(Oc1ccccc1SC)C(C)(C)C. The molecule has 2 nitrogen and oxygen atoms in total. The molecule has 102 valence electrons. The van der Waals surface area contributed by atoms with Gasteiger partial charge in [0, 0.05) is 16.4 Å². The maximum Gasteiger partial charge on any atom is 0.133 e. The van der Waals surface area contributed by atoms with Gasteiger partial charge >= 0.3 is 0 Å². The van der Waals surface area contributed by atoms with Crippen molar-refractivity contribution in [2.45, 2.75) is 51.2 Å². The fraction of sp³-hybridized carbons (Fsp3) is 0.600. The molecule has 1 rings (SSSR count). The van der Waals surface area contributed by atoms with Crippen molar-refractivity contribution in [1.29, 1.82) is 0 Å². The molecule has 0 aliphatic rings. The van der Waals surface area contributed by atoms with Gasteiger partial charge in [0.25, 0.3) is 0 Å². The Bertz CT molecular complexity index is 373. The molecule has 2 atom stereocenters. The van der Waals surface area contributed by atoms with E-state index in [9.17, 15) is 0 Å². The van der Waals surface area contributed by atoms with Gasteiger partial charge in [-0.1, -0.05) is 39.8 Å². The Morgan fingerprint density at radius 3 is 2.39 bits per heavy atom. The molecule has 1 aromatic carbocycles. The van der Waals surface area contributed by atoms with Crippen LogP contribution in [-0.4, -0.2) is 18.4 Å². The third-order valence-electron chi connectivity index (χ3n) is 3.04. The number of hydrogen-bond acceptors (Lipinski definition) is 3. The number of nitrogens with two attached hydrogens (primary N) is 1. The number of rotatable bonds is 5. The molecule has 3 heteroatoms. The number of ether oxygens (including phenoxy) is 1. The van der Waals surface area contributed by atoms with E-state index in [2.05, 4.69) is 40.0 Å². The first-order chi connectivity index (χ1) is 8.40. The number of thioether (sulfide) groups is 1. The van der Waals surface area contributed by atoms with E-state index in [4.69, 9.17) is 10.5 Å². The van der Waals surface area contributed by atoms with Gasteiger partial charge in [-0.25, -0.2) is 0 Å². The third kappa shape index (κ3) is 3.92. The molecule has 0 bridgehead atoms. The number of hydrogen-bond donors (Lipinski definition) is 1. The number of benzene rings is 1. The predicted molar refractivity (Wildman–Crippen MR) is 80.4 cm³/mol. The van der Waals surface area contributed by atoms with Crippen molar-refractivity contribution in [3.05, 3.63) is 24.3 Å². The molecule has 0 spiro atoms. The summed E-state index contributed by atoms with van der Waals surface area (Å²) in [4.78, 5) is 1.16. The van der Waals surface area contributed by atoms with Crippen LogP contribution in [0.5, 0.6) is 5.75 Å². The second kappa shape index (κ2) is 6.48. The van der Waals surface area contributed by atoms with Gasteiger partial charge in [0.15, 0.2) is 0 Å². The lowest BCUT2D eigenvalue weighted by Crippen LogP contribution is -2.47. The van der Waals surface area contributed by atoms with Crippen molar-refractivity contribution >= 4 is 11.8 Å². The fourth-order valence-electron chi connectivity index (χ4n) is 1.97. The molecule has 2 N–H and O–H groups in total. The largest absolute Gasteiger partial charge is 0.487 e. The van der Waals surface area contributed by atoms with Crippen LogP contribution < -0.4 is 10.5 Å². The van der Waals surface area contributed by atoms with Crippen molar-refractivity contribution in [2.75, 3.05) is 6.26 Å². The summed E-state index contributed by atoms with van der Waals surface area (Å²) < 4.78 is 6.21. The molecule has 0 radical (unpaired) electrons. The molecular formula is C15H25NOS.